The van der Waals surface area contributed by atoms with E-state index in [-0.39, 0.29) is 11.5 Å². The minimum Gasteiger partial charge on any atom is -0.493 e. The van der Waals surface area contributed by atoms with Gasteiger partial charge in [0.15, 0.2) is 11.6 Å². The molecule has 3 fully saturated rings. The summed E-state index contributed by atoms with van der Waals surface area (Å²) in [5.74, 6) is 1.84. The van der Waals surface area contributed by atoms with Gasteiger partial charge in [-0.15, -0.1) is 0 Å². The molecule has 4 rings (SSSR count). The third kappa shape index (κ3) is 3.04. The maximum Gasteiger partial charge on any atom is 0.230 e. The van der Waals surface area contributed by atoms with Crippen LogP contribution >= 0.6 is 0 Å². The molecule has 6 heteroatoms. The Morgan fingerprint density at radius 2 is 2.08 bits per heavy atom. The third-order valence-electron chi connectivity index (χ3n) is 6.45. The van der Waals surface area contributed by atoms with Crippen LogP contribution in [-0.4, -0.2) is 59.8 Å². The Hall–Kier alpha value is -1.82. The first-order valence-corrected chi connectivity index (χ1v) is 9.77. The highest BCUT2D eigenvalue weighted by atomic mass is 16.5. The molecular weight excluding hydrogens is 330 g/mol. The number of carbonyl (C=O) groups excluding carboxylic acids is 1. The summed E-state index contributed by atoms with van der Waals surface area (Å²) in [5.41, 5.74) is -0.291. The molecule has 6 nitrogen and oxygen atoms in total. The Kier molecular flexibility index (Phi) is 4.78. The van der Waals surface area contributed by atoms with Gasteiger partial charge >= 0.3 is 0 Å². The molecule has 1 atom stereocenters. The Morgan fingerprint density at radius 3 is 2.85 bits per heavy atom. The molecule has 0 bridgehead atoms. The van der Waals surface area contributed by atoms with Crippen molar-refractivity contribution in [3.63, 3.8) is 0 Å². The van der Waals surface area contributed by atoms with Crippen LogP contribution < -0.4 is 9.64 Å². The van der Waals surface area contributed by atoms with Crippen molar-refractivity contribution in [1.82, 2.24) is 9.88 Å². The molecule has 1 aromatic rings. The van der Waals surface area contributed by atoms with E-state index in [1.807, 2.05) is 0 Å². The van der Waals surface area contributed by atoms with Gasteiger partial charge in [0.2, 0.25) is 5.91 Å². The van der Waals surface area contributed by atoms with E-state index in [9.17, 15) is 9.90 Å². The summed E-state index contributed by atoms with van der Waals surface area (Å²) in [6.07, 6.45) is 7.83. The first-order chi connectivity index (χ1) is 12.6. The van der Waals surface area contributed by atoms with Gasteiger partial charge in [-0.2, -0.15) is 0 Å². The molecule has 1 N–H and O–H groups in total. The van der Waals surface area contributed by atoms with Crippen molar-refractivity contribution in [3.05, 3.63) is 18.3 Å². The number of aliphatic hydroxyl groups excluding tert-OH is 1. The molecule has 2 aliphatic heterocycles. The van der Waals surface area contributed by atoms with E-state index in [2.05, 4.69) is 20.9 Å². The SMILES string of the molecule is COc1c[c]cnc1N1CCC[C@@]2(CCN([C@H]3CC[C@H](O)CC3)C2=O)C1. The number of aromatic nitrogens is 1. The van der Waals surface area contributed by atoms with E-state index in [4.69, 9.17) is 4.74 Å². The largest absolute Gasteiger partial charge is 0.493 e. The van der Waals surface area contributed by atoms with Crippen LogP contribution in [0.4, 0.5) is 5.82 Å². The van der Waals surface area contributed by atoms with Gasteiger partial charge in [-0.05, 0) is 51.0 Å². The van der Waals surface area contributed by atoms with Crippen LogP contribution in [0.1, 0.15) is 44.9 Å². The molecule has 0 aromatic carbocycles. The van der Waals surface area contributed by atoms with Gasteiger partial charge in [0.1, 0.15) is 0 Å². The highest BCUT2D eigenvalue weighted by Crippen LogP contribution is 2.44. The van der Waals surface area contributed by atoms with Crippen molar-refractivity contribution in [3.8, 4) is 5.75 Å². The molecular formula is C20H28N3O3. The van der Waals surface area contributed by atoms with Crippen molar-refractivity contribution in [2.75, 3.05) is 31.6 Å². The molecule has 1 amide bonds. The number of piperidine rings is 1. The number of hydrogen-bond donors (Lipinski definition) is 1. The molecule has 1 aliphatic carbocycles. The van der Waals surface area contributed by atoms with E-state index in [1.165, 1.54) is 0 Å². The fourth-order valence-corrected chi connectivity index (χ4v) is 4.98. The molecule has 1 saturated carbocycles. The molecule has 26 heavy (non-hydrogen) atoms. The van der Waals surface area contributed by atoms with Crippen LogP contribution in [0.25, 0.3) is 0 Å². The second-order valence-corrected chi connectivity index (χ2v) is 7.98. The summed E-state index contributed by atoms with van der Waals surface area (Å²) in [4.78, 5) is 22.2. The Balaban J connectivity index is 1.51. The van der Waals surface area contributed by atoms with Crippen LogP contribution in [0.5, 0.6) is 5.75 Å². The van der Waals surface area contributed by atoms with Gasteiger partial charge in [-0.3, -0.25) is 4.79 Å². The van der Waals surface area contributed by atoms with Crippen molar-refractivity contribution in [2.24, 2.45) is 5.41 Å². The van der Waals surface area contributed by atoms with Crippen molar-refractivity contribution in [1.29, 1.82) is 0 Å². The lowest BCUT2D eigenvalue weighted by atomic mass is 9.78. The number of anilines is 1. The van der Waals surface area contributed by atoms with Gasteiger partial charge < -0.3 is 19.6 Å². The molecule has 3 heterocycles. The highest BCUT2D eigenvalue weighted by Gasteiger charge is 2.51. The molecule has 2 saturated heterocycles. The zero-order chi connectivity index (χ0) is 18.1. The standard InChI is InChI=1S/C20H28N3O3/c1-26-17-4-2-11-21-18(17)22-12-3-9-20(14-22)10-13-23(19(20)25)15-5-7-16(24)8-6-15/h4,11,15-16,24H,3,5-10,12-14H2,1H3/t15-,16-,20-/m1/s1. The number of ether oxygens (including phenoxy) is 1. The minimum absolute atomic E-state index is 0.184. The van der Waals surface area contributed by atoms with Gasteiger partial charge in [0.05, 0.1) is 18.6 Å². The fraction of sp³-hybridized carbons (Fsp3) is 0.700. The average molecular weight is 358 g/mol. The highest BCUT2D eigenvalue weighted by molar-refractivity contribution is 5.86. The van der Waals surface area contributed by atoms with Gasteiger partial charge in [-0.1, -0.05) is 0 Å². The molecule has 1 radical (unpaired) electrons. The van der Waals surface area contributed by atoms with E-state index >= 15 is 0 Å². The van der Waals surface area contributed by atoms with Crippen LogP contribution in [0.3, 0.4) is 0 Å². The number of rotatable bonds is 3. The van der Waals surface area contributed by atoms with Crippen molar-refractivity contribution >= 4 is 11.7 Å². The maximum atomic E-state index is 13.4. The van der Waals surface area contributed by atoms with E-state index in [0.29, 0.717) is 24.2 Å². The minimum atomic E-state index is -0.291. The van der Waals surface area contributed by atoms with Crippen molar-refractivity contribution < 1.29 is 14.6 Å². The topological polar surface area (TPSA) is 65.9 Å². The molecule has 1 aromatic heterocycles. The second-order valence-electron chi connectivity index (χ2n) is 7.98. The number of nitrogens with zero attached hydrogens (tertiary/aromatic N) is 3. The van der Waals surface area contributed by atoms with Crippen LogP contribution in [0.2, 0.25) is 0 Å². The van der Waals surface area contributed by atoms with E-state index in [1.54, 1.807) is 19.4 Å². The smallest absolute Gasteiger partial charge is 0.230 e. The normalized spacial score (nSPS) is 32.3. The lowest BCUT2D eigenvalue weighted by molar-refractivity contribution is -0.139. The lowest BCUT2D eigenvalue weighted by Crippen LogP contribution is -2.50. The summed E-state index contributed by atoms with van der Waals surface area (Å²) in [5, 5.41) is 9.76. The molecule has 0 unspecified atom stereocenters. The first kappa shape index (κ1) is 17.6. The third-order valence-corrected chi connectivity index (χ3v) is 6.45. The molecule has 1 spiro atoms. The lowest BCUT2D eigenvalue weighted by Gasteiger charge is -2.41. The summed E-state index contributed by atoms with van der Waals surface area (Å²) >= 11 is 0. The summed E-state index contributed by atoms with van der Waals surface area (Å²) in [6, 6.07) is 5.07. The van der Waals surface area contributed by atoms with Gasteiger partial charge in [0, 0.05) is 37.9 Å². The number of amides is 1. The average Bonchev–Trinajstić information content (AvgIpc) is 2.98. The summed E-state index contributed by atoms with van der Waals surface area (Å²) < 4.78 is 5.45. The Bertz CT molecular complexity index is 659. The van der Waals surface area contributed by atoms with E-state index in [0.717, 1.165) is 63.9 Å². The van der Waals surface area contributed by atoms with Crippen LogP contribution in [0, 0.1) is 11.5 Å². The zero-order valence-corrected chi connectivity index (χ0v) is 15.5. The summed E-state index contributed by atoms with van der Waals surface area (Å²) in [7, 11) is 1.65. The number of carbonyl (C=O) groups is 1. The monoisotopic (exact) mass is 358 g/mol. The van der Waals surface area contributed by atoms with Crippen LogP contribution in [-0.2, 0) is 4.79 Å². The Morgan fingerprint density at radius 1 is 1.27 bits per heavy atom. The zero-order valence-electron chi connectivity index (χ0n) is 15.5. The number of methoxy groups -OCH3 is 1. The number of aliphatic hydroxyl groups is 1. The fourth-order valence-electron chi connectivity index (χ4n) is 4.98. The first-order valence-electron chi connectivity index (χ1n) is 9.77. The maximum absolute atomic E-state index is 13.4. The number of hydrogen-bond acceptors (Lipinski definition) is 5. The second kappa shape index (κ2) is 7.06. The van der Waals surface area contributed by atoms with Crippen LogP contribution in [0.15, 0.2) is 12.3 Å². The van der Waals surface area contributed by atoms with Gasteiger partial charge in [0.25, 0.3) is 0 Å². The predicted molar refractivity (Wildman–Crippen MR) is 98.1 cm³/mol. The number of pyridine rings is 1. The Labute approximate surface area is 155 Å². The molecule has 141 valence electrons. The molecule has 3 aliphatic rings. The van der Waals surface area contributed by atoms with Gasteiger partial charge in [-0.25, -0.2) is 4.98 Å². The summed E-state index contributed by atoms with van der Waals surface area (Å²) in [6.45, 7) is 2.46. The van der Waals surface area contributed by atoms with E-state index < -0.39 is 0 Å². The van der Waals surface area contributed by atoms with Crippen molar-refractivity contribution in [2.45, 2.75) is 57.1 Å². The predicted octanol–water partition coefficient (Wildman–Crippen LogP) is 2.01. The quantitative estimate of drug-likeness (QED) is 0.895. The number of likely N-dealkylation sites (tertiary alicyclic amines) is 1.